The summed E-state index contributed by atoms with van der Waals surface area (Å²) in [6, 6.07) is 0. The minimum atomic E-state index is -0.780. The van der Waals surface area contributed by atoms with Crippen LogP contribution in [0.1, 0.15) is 329 Å². The molecule has 0 fully saturated rings. The van der Waals surface area contributed by atoms with Crippen LogP contribution in [0.3, 0.4) is 0 Å². The number of rotatable bonds is 60. The minimum absolute atomic E-state index is 0.0770. The van der Waals surface area contributed by atoms with Gasteiger partial charge in [-0.15, -0.1) is 0 Å². The number of unbranched alkanes of at least 4 members (excludes halogenated alkanes) is 35. The molecule has 0 aromatic carbocycles. The van der Waals surface area contributed by atoms with Crippen molar-refractivity contribution in [1.82, 2.24) is 0 Å². The van der Waals surface area contributed by atoms with Crippen molar-refractivity contribution < 1.29 is 28.6 Å². The van der Waals surface area contributed by atoms with Crippen LogP contribution in [0.25, 0.3) is 0 Å². The topological polar surface area (TPSA) is 78.9 Å². The first-order valence-corrected chi connectivity index (χ1v) is 33.1. The van der Waals surface area contributed by atoms with E-state index in [0.717, 1.165) is 116 Å². The molecule has 0 amide bonds. The summed E-state index contributed by atoms with van der Waals surface area (Å²) < 4.78 is 16.9. The number of hydrogen-bond acceptors (Lipinski definition) is 6. The zero-order valence-electron chi connectivity index (χ0n) is 51.0. The fraction of sp³-hybridized carbons (Fsp3) is 0.761. The van der Waals surface area contributed by atoms with Gasteiger partial charge >= 0.3 is 17.9 Å². The van der Waals surface area contributed by atoms with Crippen LogP contribution in [0.15, 0.2) is 85.1 Å². The predicted molar refractivity (Wildman–Crippen MR) is 334 cm³/mol. The van der Waals surface area contributed by atoms with E-state index in [9.17, 15) is 14.4 Å². The number of hydrogen-bond donors (Lipinski definition) is 0. The maximum Gasteiger partial charge on any atom is 0.306 e. The molecule has 444 valence electrons. The van der Waals surface area contributed by atoms with E-state index in [1.807, 2.05) is 0 Å². The predicted octanol–water partition coefficient (Wildman–Crippen LogP) is 22.7. The molecule has 0 aliphatic heterocycles. The van der Waals surface area contributed by atoms with Gasteiger partial charge in [-0.3, -0.25) is 14.4 Å². The van der Waals surface area contributed by atoms with Crippen molar-refractivity contribution in [1.29, 1.82) is 0 Å². The van der Waals surface area contributed by atoms with Crippen molar-refractivity contribution in [2.75, 3.05) is 13.2 Å². The van der Waals surface area contributed by atoms with Crippen molar-refractivity contribution in [2.45, 2.75) is 335 Å². The summed E-state index contributed by atoms with van der Waals surface area (Å²) in [5.74, 6) is -0.877. The summed E-state index contributed by atoms with van der Waals surface area (Å²) in [4.78, 5) is 38.2. The van der Waals surface area contributed by atoms with Crippen LogP contribution in [0.4, 0.5) is 0 Å². The number of carbonyl (C=O) groups excluding carboxylic acids is 3. The maximum atomic E-state index is 12.9. The lowest BCUT2D eigenvalue weighted by atomic mass is 10.0. The van der Waals surface area contributed by atoms with Gasteiger partial charge in [0.05, 0.1) is 0 Å². The molecule has 0 radical (unpaired) electrons. The number of allylic oxidation sites excluding steroid dienone is 14. The van der Waals surface area contributed by atoms with E-state index in [1.54, 1.807) is 0 Å². The van der Waals surface area contributed by atoms with E-state index >= 15 is 0 Å². The first-order chi connectivity index (χ1) is 38.0. The molecule has 6 heteroatoms. The van der Waals surface area contributed by atoms with Crippen molar-refractivity contribution >= 4 is 17.9 Å². The Morgan fingerprint density at radius 1 is 0.273 bits per heavy atom. The molecular formula is C71H124O6. The zero-order valence-corrected chi connectivity index (χ0v) is 51.0. The SMILES string of the molecule is CC/C=C\C/C=C\C/C=C\C/C=C\C/C=C\CCCCCCCCCCCCCCCCCCCC(=O)OCC(COC(=O)CCCCCCCCCCCCC)OC(=O)CCCCCCC/C=C\C/C=C\CCCCC. The molecule has 0 spiro atoms. The third-order valence-corrected chi connectivity index (χ3v) is 14.4. The van der Waals surface area contributed by atoms with Gasteiger partial charge in [-0.25, -0.2) is 0 Å². The van der Waals surface area contributed by atoms with Crippen LogP contribution in [0.2, 0.25) is 0 Å². The highest BCUT2D eigenvalue weighted by Gasteiger charge is 2.19. The van der Waals surface area contributed by atoms with E-state index in [-0.39, 0.29) is 31.1 Å². The number of carbonyl (C=O) groups is 3. The molecule has 6 nitrogen and oxygen atoms in total. The Morgan fingerprint density at radius 3 is 0.818 bits per heavy atom. The molecule has 77 heavy (non-hydrogen) atoms. The summed E-state index contributed by atoms with van der Waals surface area (Å²) in [6.45, 7) is 6.51. The van der Waals surface area contributed by atoms with Gasteiger partial charge in [0.25, 0.3) is 0 Å². The normalized spacial score (nSPS) is 12.6. The average molecular weight is 1070 g/mol. The smallest absolute Gasteiger partial charge is 0.306 e. The van der Waals surface area contributed by atoms with E-state index < -0.39 is 6.10 Å². The Bertz CT molecular complexity index is 1470. The van der Waals surface area contributed by atoms with Crippen molar-refractivity contribution in [3.05, 3.63) is 85.1 Å². The Morgan fingerprint density at radius 2 is 0.506 bits per heavy atom. The van der Waals surface area contributed by atoms with E-state index in [0.29, 0.717) is 19.3 Å². The molecule has 0 aliphatic rings. The van der Waals surface area contributed by atoms with Gasteiger partial charge in [-0.2, -0.15) is 0 Å². The van der Waals surface area contributed by atoms with Gasteiger partial charge in [0.2, 0.25) is 0 Å². The summed E-state index contributed by atoms with van der Waals surface area (Å²) in [7, 11) is 0. The Hall–Kier alpha value is -3.41. The van der Waals surface area contributed by atoms with Crippen LogP contribution in [0.5, 0.6) is 0 Å². The summed E-state index contributed by atoms with van der Waals surface area (Å²) in [5.41, 5.74) is 0. The highest BCUT2D eigenvalue weighted by molar-refractivity contribution is 5.71. The molecule has 0 bridgehead atoms. The van der Waals surface area contributed by atoms with Crippen LogP contribution in [0, 0.1) is 0 Å². The van der Waals surface area contributed by atoms with E-state index in [4.69, 9.17) is 14.2 Å². The fourth-order valence-corrected chi connectivity index (χ4v) is 9.44. The molecule has 0 heterocycles. The molecule has 0 aromatic heterocycles. The quantitative estimate of drug-likeness (QED) is 0.0261. The second kappa shape index (κ2) is 65.1. The van der Waals surface area contributed by atoms with Gasteiger partial charge < -0.3 is 14.2 Å². The summed E-state index contributed by atoms with van der Waals surface area (Å²) in [5, 5.41) is 0. The van der Waals surface area contributed by atoms with Gasteiger partial charge in [0.1, 0.15) is 13.2 Å². The van der Waals surface area contributed by atoms with Crippen LogP contribution >= 0.6 is 0 Å². The van der Waals surface area contributed by atoms with Crippen molar-refractivity contribution in [3.8, 4) is 0 Å². The van der Waals surface area contributed by atoms with E-state index in [2.05, 4.69) is 106 Å². The lowest BCUT2D eigenvalue weighted by Gasteiger charge is -2.18. The third-order valence-electron chi connectivity index (χ3n) is 14.4. The molecule has 0 rings (SSSR count). The second-order valence-corrected chi connectivity index (χ2v) is 22.0. The molecule has 0 aliphatic carbocycles. The Labute approximate surface area is 477 Å². The maximum absolute atomic E-state index is 12.9. The first kappa shape index (κ1) is 73.6. The minimum Gasteiger partial charge on any atom is -0.462 e. The van der Waals surface area contributed by atoms with Crippen LogP contribution in [-0.2, 0) is 28.6 Å². The summed E-state index contributed by atoms with van der Waals surface area (Å²) in [6.07, 6.45) is 86.1. The number of esters is 3. The lowest BCUT2D eigenvalue weighted by molar-refractivity contribution is -0.167. The molecule has 1 atom stereocenters. The molecule has 0 saturated carbocycles. The van der Waals surface area contributed by atoms with Gasteiger partial charge in [0.15, 0.2) is 6.10 Å². The van der Waals surface area contributed by atoms with Crippen LogP contribution in [-0.4, -0.2) is 37.2 Å². The highest BCUT2D eigenvalue weighted by atomic mass is 16.6. The first-order valence-electron chi connectivity index (χ1n) is 33.1. The van der Waals surface area contributed by atoms with Gasteiger partial charge in [-0.05, 0) is 96.3 Å². The molecule has 0 N–H and O–H groups in total. The largest absolute Gasteiger partial charge is 0.462 e. The molecular weight excluding hydrogens is 949 g/mol. The molecule has 1 unspecified atom stereocenters. The monoisotopic (exact) mass is 1070 g/mol. The average Bonchev–Trinajstić information content (AvgIpc) is 3.43. The van der Waals surface area contributed by atoms with Gasteiger partial charge in [-0.1, -0.05) is 298 Å². The molecule has 0 saturated heterocycles. The van der Waals surface area contributed by atoms with Gasteiger partial charge in [0, 0.05) is 19.3 Å². The van der Waals surface area contributed by atoms with E-state index in [1.165, 1.54) is 173 Å². The zero-order chi connectivity index (χ0) is 55.7. The Balaban J connectivity index is 4.11. The number of ether oxygens (including phenoxy) is 3. The third kappa shape index (κ3) is 63.3. The second-order valence-electron chi connectivity index (χ2n) is 22.0. The fourth-order valence-electron chi connectivity index (χ4n) is 9.44. The lowest BCUT2D eigenvalue weighted by Crippen LogP contribution is -2.30. The molecule has 0 aromatic rings. The standard InChI is InChI=1S/C71H124O6/c1-4-7-10-13-16-19-22-24-26-27-28-29-30-31-32-33-34-35-36-37-38-39-40-41-42-43-45-46-49-52-55-58-61-64-70(73)76-67-68(66-75-69(72)63-60-57-54-51-48-21-18-15-12-9-6-3)77-71(74)65-62-59-56-53-50-47-44-25-23-20-17-14-11-8-5-2/h7,10,16-17,19-20,24-26,28-29,31-32,44,68H,4-6,8-9,11-15,18,21-23,27,30,33-43,45-67H2,1-3H3/b10-7-,19-16-,20-17-,26-24-,29-28-,32-31-,44-25-. The Kier molecular flexibility index (Phi) is 62.2. The van der Waals surface area contributed by atoms with Crippen LogP contribution < -0.4 is 0 Å². The van der Waals surface area contributed by atoms with Crippen molar-refractivity contribution in [2.24, 2.45) is 0 Å². The highest BCUT2D eigenvalue weighted by Crippen LogP contribution is 2.17. The van der Waals surface area contributed by atoms with Crippen molar-refractivity contribution in [3.63, 3.8) is 0 Å². The summed E-state index contributed by atoms with van der Waals surface area (Å²) >= 11 is 0.